The van der Waals surface area contributed by atoms with E-state index in [9.17, 15) is 0 Å². The Kier molecular flexibility index (Phi) is 7.85. The quantitative estimate of drug-likeness (QED) is 0.159. The SMILES string of the molecule is c1cc(-c2ccc(C3(c4ccc(-c5cccc(-n6c7ccccc7c7ccccc76)c5)cc4)c4ccccc4-c4ccccc43)cc2)cc(-n2c3ccccc3c3ccccc32)c1. The summed E-state index contributed by atoms with van der Waals surface area (Å²) in [6.45, 7) is 0. The molecular weight excluding hydrogens is 761 g/mol. The van der Waals surface area contributed by atoms with Crippen LogP contribution in [0.3, 0.4) is 0 Å². The Labute approximate surface area is 366 Å². The average molecular weight is 801 g/mol. The van der Waals surface area contributed by atoms with Crippen molar-refractivity contribution >= 4 is 43.6 Å². The number of rotatable bonds is 6. The number of para-hydroxylation sites is 4. The van der Waals surface area contributed by atoms with Crippen LogP contribution in [0.15, 0.2) is 243 Å². The molecule has 0 N–H and O–H groups in total. The van der Waals surface area contributed by atoms with Crippen LogP contribution in [-0.2, 0) is 5.41 Å². The first kappa shape index (κ1) is 35.5. The zero-order valence-electron chi connectivity index (χ0n) is 34.5. The highest BCUT2D eigenvalue weighted by molar-refractivity contribution is 6.10. The minimum absolute atomic E-state index is 0.500. The third-order valence-electron chi connectivity index (χ3n) is 13.6. The van der Waals surface area contributed by atoms with Gasteiger partial charge in [0, 0.05) is 32.9 Å². The topological polar surface area (TPSA) is 9.86 Å². The predicted octanol–water partition coefficient (Wildman–Crippen LogP) is 15.6. The van der Waals surface area contributed by atoms with Crippen molar-refractivity contribution in [3.8, 4) is 44.8 Å². The molecule has 2 heterocycles. The van der Waals surface area contributed by atoms with E-state index in [2.05, 4.69) is 252 Å². The number of nitrogens with zero attached hydrogens (tertiary/aromatic N) is 2. The summed E-state index contributed by atoms with van der Waals surface area (Å²) in [5, 5.41) is 5.08. The zero-order valence-corrected chi connectivity index (χ0v) is 34.5. The van der Waals surface area contributed by atoms with Gasteiger partial charge in [0.25, 0.3) is 0 Å². The maximum atomic E-state index is 2.40. The lowest BCUT2D eigenvalue weighted by Gasteiger charge is -2.34. The molecule has 0 spiro atoms. The van der Waals surface area contributed by atoms with Crippen LogP contribution in [0.25, 0.3) is 88.4 Å². The normalized spacial score (nSPS) is 12.9. The second kappa shape index (κ2) is 13.9. The summed E-state index contributed by atoms with van der Waals surface area (Å²) in [7, 11) is 0. The highest BCUT2D eigenvalue weighted by Gasteiger charge is 2.45. The molecule has 0 saturated carbocycles. The van der Waals surface area contributed by atoms with Crippen molar-refractivity contribution in [3.05, 3.63) is 265 Å². The van der Waals surface area contributed by atoms with E-state index in [0.717, 1.165) is 11.4 Å². The molecule has 0 radical (unpaired) electrons. The fourth-order valence-corrected chi connectivity index (χ4v) is 10.9. The van der Waals surface area contributed by atoms with Gasteiger partial charge in [-0.05, 0) is 104 Å². The maximum Gasteiger partial charge on any atom is 0.0713 e. The summed E-state index contributed by atoms with van der Waals surface area (Å²) in [6.07, 6.45) is 0. The van der Waals surface area contributed by atoms with Gasteiger partial charge in [-0.3, -0.25) is 0 Å². The van der Waals surface area contributed by atoms with Gasteiger partial charge < -0.3 is 9.13 Å². The smallest absolute Gasteiger partial charge is 0.0713 e. The fourth-order valence-electron chi connectivity index (χ4n) is 10.9. The third-order valence-corrected chi connectivity index (χ3v) is 13.6. The zero-order chi connectivity index (χ0) is 41.5. The van der Waals surface area contributed by atoms with Crippen LogP contribution in [0.1, 0.15) is 22.3 Å². The van der Waals surface area contributed by atoms with Gasteiger partial charge in [-0.25, -0.2) is 0 Å². The van der Waals surface area contributed by atoms with Crippen molar-refractivity contribution in [2.45, 2.75) is 5.41 Å². The molecule has 0 amide bonds. The summed E-state index contributed by atoms with van der Waals surface area (Å²) in [6, 6.07) is 89.6. The van der Waals surface area contributed by atoms with Crippen molar-refractivity contribution in [2.75, 3.05) is 0 Å². The predicted molar refractivity (Wildman–Crippen MR) is 263 cm³/mol. The van der Waals surface area contributed by atoms with E-state index in [0.29, 0.717) is 0 Å². The van der Waals surface area contributed by atoms with E-state index >= 15 is 0 Å². The van der Waals surface area contributed by atoms with Gasteiger partial charge >= 0.3 is 0 Å². The molecule has 1 aliphatic carbocycles. The molecule has 2 heteroatoms. The largest absolute Gasteiger partial charge is 0.309 e. The maximum absolute atomic E-state index is 2.40. The Hall–Kier alpha value is -8.20. The average Bonchev–Trinajstić information content (AvgIpc) is 3.99. The lowest BCUT2D eigenvalue weighted by atomic mass is 9.67. The van der Waals surface area contributed by atoms with Gasteiger partial charge in [0.1, 0.15) is 0 Å². The molecule has 0 saturated heterocycles. The van der Waals surface area contributed by atoms with E-state index < -0.39 is 5.41 Å². The lowest BCUT2D eigenvalue weighted by Crippen LogP contribution is -2.28. The van der Waals surface area contributed by atoms with E-state index in [1.54, 1.807) is 0 Å². The van der Waals surface area contributed by atoms with Crippen LogP contribution in [0.5, 0.6) is 0 Å². The Balaban J connectivity index is 0.923. The van der Waals surface area contributed by atoms with Crippen LogP contribution in [0, 0.1) is 0 Å². The highest BCUT2D eigenvalue weighted by atomic mass is 15.0. The monoisotopic (exact) mass is 800 g/mol. The second-order valence-corrected chi connectivity index (χ2v) is 16.8. The van der Waals surface area contributed by atoms with Crippen LogP contribution >= 0.6 is 0 Å². The highest BCUT2D eigenvalue weighted by Crippen LogP contribution is 2.56. The van der Waals surface area contributed by atoms with Gasteiger partial charge in [-0.15, -0.1) is 0 Å². The number of fused-ring (bicyclic) bond motifs is 9. The Bertz CT molecular complexity index is 3380. The molecule has 2 nitrogen and oxygen atoms in total. The molecule has 0 unspecified atom stereocenters. The molecule has 13 rings (SSSR count). The minimum atomic E-state index is -0.500. The van der Waals surface area contributed by atoms with E-state index in [1.165, 1.54) is 99.2 Å². The van der Waals surface area contributed by atoms with Gasteiger partial charge in [-0.1, -0.05) is 194 Å². The standard InChI is InChI=1S/C61H40N2/c1-7-25-55-49(19-1)50-20-2-8-26-56(50)61(55,45-35-31-41(32-36-45)43-15-13-17-47(39-43)62-57-27-9-3-21-51(57)52-22-4-10-28-58(52)62)46-37-33-42(34-38-46)44-16-14-18-48(40-44)63-59-29-11-5-23-53(59)54-24-6-12-30-60(54)63/h1-40H. The molecule has 0 aliphatic heterocycles. The van der Waals surface area contributed by atoms with Crippen molar-refractivity contribution < 1.29 is 0 Å². The van der Waals surface area contributed by atoms with E-state index in [4.69, 9.17) is 0 Å². The van der Waals surface area contributed by atoms with Crippen LogP contribution < -0.4 is 0 Å². The Morgan fingerprint density at radius 2 is 0.587 bits per heavy atom. The number of hydrogen-bond acceptors (Lipinski definition) is 0. The summed E-state index contributed by atoms with van der Waals surface area (Å²) in [5.74, 6) is 0. The lowest BCUT2D eigenvalue weighted by molar-refractivity contribution is 0.769. The molecule has 0 bridgehead atoms. The van der Waals surface area contributed by atoms with E-state index in [1.807, 2.05) is 0 Å². The van der Waals surface area contributed by atoms with Crippen LogP contribution in [-0.4, -0.2) is 9.13 Å². The first-order valence-electron chi connectivity index (χ1n) is 21.8. The minimum Gasteiger partial charge on any atom is -0.309 e. The first-order valence-corrected chi connectivity index (χ1v) is 21.8. The van der Waals surface area contributed by atoms with Crippen molar-refractivity contribution in [1.82, 2.24) is 9.13 Å². The summed E-state index contributed by atoms with van der Waals surface area (Å²) in [4.78, 5) is 0. The number of aromatic nitrogens is 2. The molecular formula is C61H40N2. The van der Waals surface area contributed by atoms with Gasteiger partial charge in [0.2, 0.25) is 0 Å². The molecule has 12 aromatic rings. The van der Waals surface area contributed by atoms with Gasteiger partial charge in [-0.2, -0.15) is 0 Å². The van der Waals surface area contributed by atoms with Crippen molar-refractivity contribution in [1.29, 1.82) is 0 Å². The fraction of sp³-hybridized carbons (Fsp3) is 0.0164. The summed E-state index contributed by atoms with van der Waals surface area (Å²) >= 11 is 0. The molecule has 63 heavy (non-hydrogen) atoms. The molecule has 0 fully saturated rings. The molecule has 1 aliphatic rings. The molecule has 2 aromatic heterocycles. The second-order valence-electron chi connectivity index (χ2n) is 16.8. The van der Waals surface area contributed by atoms with Crippen LogP contribution in [0.2, 0.25) is 0 Å². The molecule has 294 valence electrons. The number of hydrogen-bond donors (Lipinski definition) is 0. The molecule has 10 aromatic carbocycles. The van der Waals surface area contributed by atoms with Crippen molar-refractivity contribution in [3.63, 3.8) is 0 Å². The Morgan fingerprint density at radius 3 is 0.968 bits per heavy atom. The summed E-state index contributed by atoms with van der Waals surface area (Å²) < 4.78 is 4.79. The molecule has 0 atom stereocenters. The van der Waals surface area contributed by atoms with E-state index in [-0.39, 0.29) is 0 Å². The van der Waals surface area contributed by atoms with Crippen LogP contribution in [0.4, 0.5) is 0 Å². The Morgan fingerprint density at radius 1 is 0.254 bits per heavy atom. The number of benzene rings is 10. The third kappa shape index (κ3) is 5.25. The summed E-state index contributed by atoms with van der Waals surface area (Å²) in [5.41, 5.74) is 19.2. The van der Waals surface area contributed by atoms with Gasteiger partial charge in [0.15, 0.2) is 0 Å². The van der Waals surface area contributed by atoms with Crippen molar-refractivity contribution in [2.24, 2.45) is 0 Å². The first-order chi connectivity index (χ1) is 31.3. The van der Waals surface area contributed by atoms with Gasteiger partial charge in [0.05, 0.1) is 27.5 Å².